The Hall–Kier alpha value is -0.605. The van der Waals surface area contributed by atoms with Gasteiger partial charge in [-0.25, -0.2) is 0 Å². The lowest BCUT2D eigenvalue weighted by atomic mass is 9.69. The van der Waals surface area contributed by atoms with E-state index < -0.39 is 10.8 Å². The van der Waals surface area contributed by atoms with Gasteiger partial charge in [-0.3, -0.25) is 4.21 Å². The van der Waals surface area contributed by atoms with Crippen LogP contribution >= 0.6 is 0 Å². The molecule has 4 heteroatoms. The Morgan fingerprint density at radius 1 is 1.44 bits per heavy atom. The highest BCUT2D eigenvalue weighted by Gasteiger charge is 2.37. The van der Waals surface area contributed by atoms with Crippen LogP contribution in [0.15, 0.2) is 29.2 Å². The molecule has 0 aliphatic carbocycles. The molecule has 1 fully saturated rings. The van der Waals surface area contributed by atoms with Gasteiger partial charge in [-0.2, -0.15) is 0 Å². The highest BCUT2D eigenvalue weighted by atomic mass is 32.2. The van der Waals surface area contributed by atoms with Gasteiger partial charge in [0.1, 0.15) is 0 Å². The van der Waals surface area contributed by atoms with Crippen LogP contribution in [0.4, 0.5) is 0 Å². The van der Waals surface area contributed by atoms with E-state index in [-0.39, 0.29) is 11.7 Å². The SMILES string of the molecule is [B]C(C1CS(=O)c2ccccc21)C1CCCN1C. The zero-order valence-electron chi connectivity index (χ0n) is 10.7. The van der Waals surface area contributed by atoms with Crippen LogP contribution in [-0.2, 0) is 10.8 Å². The molecule has 3 rings (SSSR count). The fourth-order valence-electron chi connectivity index (χ4n) is 3.35. The summed E-state index contributed by atoms with van der Waals surface area (Å²) in [5, 5.41) is 0. The molecule has 0 aromatic heterocycles. The van der Waals surface area contributed by atoms with E-state index in [9.17, 15) is 4.21 Å². The van der Waals surface area contributed by atoms with Crippen molar-refractivity contribution in [3.05, 3.63) is 29.8 Å². The van der Waals surface area contributed by atoms with Crippen molar-refractivity contribution in [3.63, 3.8) is 0 Å². The summed E-state index contributed by atoms with van der Waals surface area (Å²) in [4.78, 5) is 3.35. The summed E-state index contributed by atoms with van der Waals surface area (Å²) in [7, 11) is 7.77. The average molecular weight is 259 g/mol. The quantitative estimate of drug-likeness (QED) is 0.756. The molecule has 0 spiro atoms. The van der Waals surface area contributed by atoms with Crippen LogP contribution in [0.1, 0.15) is 24.3 Å². The molecule has 4 unspecified atom stereocenters. The second-order valence-electron chi connectivity index (χ2n) is 5.42. The van der Waals surface area contributed by atoms with E-state index >= 15 is 0 Å². The molecule has 1 aromatic rings. The third-order valence-corrected chi connectivity index (χ3v) is 5.90. The Bertz CT molecular complexity index is 479. The van der Waals surface area contributed by atoms with Crippen LogP contribution in [0.25, 0.3) is 0 Å². The smallest absolute Gasteiger partial charge is 0.0729 e. The number of nitrogens with zero attached hydrogens (tertiary/aromatic N) is 1. The molecule has 94 valence electrons. The fraction of sp³-hybridized carbons (Fsp3) is 0.571. The lowest BCUT2D eigenvalue weighted by Gasteiger charge is -2.31. The van der Waals surface area contributed by atoms with Crippen molar-refractivity contribution in [1.29, 1.82) is 0 Å². The minimum absolute atomic E-state index is 0.102. The topological polar surface area (TPSA) is 20.3 Å². The van der Waals surface area contributed by atoms with E-state index in [0.29, 0.717) is 11.8 Å². The molecule has 2 nitrogen and oxygen atoms in total. The van der Waals surface area contributed by atoms with Crippen LogP contribution in [0.3, 0.4) is 0 Å². The summed E-state index contributed by atoms with van der Waals surface area (Å²) < 4.78 is 12.1. The molecule has 2 aliphatic rings. The first-order valence-corrected chi connectivity index (χ1v) is 7.93. The minimum atomic E-state index is -0.858. The number of hydrogen-bond acceptors (Lipinski definition) is 2. The van der Waals surface area contributed by atoms with Crippen LogP contribution in [-0.4, -0.2) is 42.3 Å². The molecule has 18 heavy (non-hydrogen) atoms. The normalized spacial score (nSPS) is 33.5. The van der Waals surface area contributed by atoms with Crippen LogP contribution in [0.5, 0.6) is 0 Å². The first-order chi connectivity index (χ1) is 8.68. The van der Waals surface area contributed by atoms with Gasteiger partial charge in [0.05, 0.1) is 18.6 Å². The van der Waals surface area contributed by atoms with Gasteiger partial charge in [-0.15, -0.1) is 0 Å². The number of likely N-dealkylation sites (tertiary alicyclic amines) is 1. The summed E-state index contributed by atoms with van der Waals surface area (Å²) in [6.45, 7) is 1.13. The van der Waals surface area contributed by atoms with Gasteiger partial charge in [0.2, 0.25) is 0 Å². The average Bonchev–Trinajstić information content (AvgIpc) is 2.94. The molecule has 2 heterocycles. The van der Waals surface area contributed by atoms with Crippen molar-refractivity contribution in [2.75, 3.05) is 19.3 Å². The lowest BCUT2D eigenvalue weighted by molar-refractivity contribution is 0.286. The van der Waals surface area contributed by atoms with Crippen LogP contribution in [0.2, 0.25) is 5.82 Å². The van der Waals surface area contributed by atoms with E-state index in [0.717, 1.165) is 11.4 Å². The molecule has 4 atom stereocenters. The summed E-state index contributed by atoms with van der Waals surface area (Å²) in [6, 6.07) is 8.51. The zero-order chi connectivity index (χ0) is 12.7. The van der Waals surface area contributed by atoms with Gasteiger partial charge in [0.25, 0.3) is 0 Å². The Morgan fingerprint density at radius 3 is 2.94 bits per heavy atom. The molecule has 0 saturated carbocycles. The van der Waals surface area contributed by atoms with Gasteiger partial charge in [0.15, 0.2) is 0 Å². The standard InChI is InChI=1S/C14H18BNOS/c1-16-8-4-6-12(16)14(15)11-9-18(17)13-7-3-2-5-10(11)13/h2-3,5,7,11-12,14H,4,6,8-9H2,1H3. The number of fused-ring (bicyclic) bond motifs is 1. The Kier molecular flexibility index (Phi) is 3.33. The lowest BCUT2D eigenvalue weighted by Crippen LogP contribution is -2.32. The second kappa shape index (κ2) is 4.82. The van der Waals surface area contributed by atoms with Crippen molar-refractivity contribution in [2.24, 2.45) is 0 Å². The van der Waals surface area contributed by atoms with Crippen LogP contribution < -0.4 is 0 Å². The zero-order valence-corrected chi connectivity index (χ0v) is 11.5. The van der Waals surface area contributed by atoms with E-state index in [1.807, 2.05) is 18.2 Å². The number of rotatable bonds is 2. The van der Waals surface area contributed by atoms with Crippen molar-refractivity contribution < 1.29 is 4.21 Å². The molecule has 0 bridgehead atoms. The summed E-state index contributed by atoms with van der Waals surface area (Å²) in [5.41, 5.74) is 1.21. The first kappa shape index (κ1) is 12.4. The van der Waals surface area contributed by atoms with Gasteiger partial charge in [0, 0.05) is 16.7 Å². The maximum Gasteiger partial charge on any atom is 0.0729 e. The predicted molar refractivity (Wildman–Crippen MR) is 75.6 cm³/mol. The Morgan fingerprint density at radius 2 is 2.22 bits per heavy atom. The Balaban J connectivity index is 1.88. The monoisotopic (exact) mass is 259 g/mol. The molecule has 0 N–H and O–H groups in total. The maximum atomic E-state index is 12.1. The van der Waals surface area contributed by atoms with Gasteiger partial charge < -0.3 is 4.90 Å². The first-order valence-electron chi connectivity index (χ1n) is 6.61. The highest BCUT2D eigenvalue weighted by molar-refractivity contribution is 7.85. The minimum Gasteiger partial charge on any atom is -0.304 e. The van der Waals surface area contributed by atoms with Crippen LogP contribution in [0, 0.1) is 0 Å². The molecule has 0 amide bonds. The van der Waals surface area contributed by atoms with Crippen molar-refractivity contribution in [3.8, 4) is 0 Å². The number of hydrogen-bond donors (Lipinski definition) is 0. The van der Waals surface area contributed by atoms with Gasteiger partial charge in [-0.05, 0) is 44.0 Å². The third kappa shape index (κ3) is 1.95. The summed E-state index contributed by atoms with van der Waals surface area (Å²) in [5.74, 6) is 1.06. The Labute approximate surface area is 113 Å². The summed E-state index contributed by atoms with van der Waals surface area (Å²) in [6.07, 6.45) is 2.40. The van der Waals surface area contributed by atoms with Gasteiger partial charge >= 0.3 is 0 Å². The summed E-state index contributed by atoms with van der Waals surface area (Å²) >= 11 is 0. The van der Waals surface area contributed by atoms with E-state index in [2.05, 4.69) is 18.0 Å². The molecular formula is C14H18BNOS. The second-order valence-corrected chi connectivity index (χ2v) is 6.89. The van der Waals surface area contributed by atoms with Gasteiger partial charge in [-0.1, -0.05) is 24.0 Å². The predicted octanol–water partition coefficient (Wildman–Crippen LogP) is 1.94. The molecule has 2 radical (unpaired) electrons. The molecule has 1 aromatic carbocycles. The van der Waals surface area contributed by atoms with E-state index in [1.54, 1.807) is 0 Å². The molecular weight excluding hydrogens is 241 g/mol. The van der Waals surface area contributed by atoms with E-state index in [1.165, 1.54) is 18.4 Å². The van der Waals surface area contributed by atoms with Crippen molar-refractivity contribution in [1.82, 2.24) is 4.90 Å². The molecule has 2 aliphatic heterocycles. The third-order valence-electron chi connectivity index (χ3n) is 4.38. The van der Waals surface area contributed by atoms with E-state index in [4.69, 9.17) is 7.85 Å². The molecule has 1 saturated heterocycles. The maximum absolute atomic E-state index is 12.1. The van der Waals surface area contributed by atoms with Crippen molar-refractivity contribution >= 4 is 18.6 Å². The highest BCUT2D eigenvalue weighted by Crippen LogP contribution is 2.43. The fourth-order valence-corrected chi connectivity index (χ4v) is 4.97. The number of benzene rings is 1. The van der Waals surface area contributed by atoms with Crippen molar-refractivity contribution in [2.45, 2.75) is 35.5 Å². The largest absolute Gasteiger partial charge is 0.304 e.